The molecule has 0 saturated carbocycles. The number of nitrogens with zero attached hydrogens (tertiary/aromatic N) is 1. The van der Waals surface area contributed by atoms with Gasteiger partial charge in [-0.3, -0.25) is 0 Å². The Labute approximate surface area is 115 Å². The molecule has 1 aromatic heterocycles. The molecule has 5 nitrogen and oxygen atoms in total. The Balaban J connectivity index is 2.01. The number of amides is 2. The summed E-state index contributed by atoms with van der Waals surface area (Å²) in [5.41, 5.74) is 1.21. The second kappa shape index (κ2) is 6.06. The first kappa shape index (κ1) is 13.2. The second-order valence-corrected chi connectivity index (χ2v) is 4.07. The molecule has 0 aliphatic carbocycles. The molecule has 0 atom stereocenters. The van der Waals surface area contributed by atoms with Gasteiger partial charge < -0.3 is 15.4 Å². The molecule has 1 heterocycles. The number of anilines is 2. The average molecular weight is 278 g/mol. The predicted octanol–water partition coefficient (Wildman–Crippen LogP) is 3.39. The number of rotatable bonds is 3. The van der Waals surface area contributed by atoms with E-state index in [2.05, 4.69) is 15.6 Å². The van der Waals surface area contributed by atoms with E-state index in [0.29, 0.717) is 22.3 Å². The van der Waals surface area contributed by atoms with Crippen LogP contribution in [0.15, 0.2) is 42.6 Å². The fraction of sp³-hybridized carbons (Fsp3) is 0.0769. The summed E-state index contributed by atoms with van der Waals surface area (Å²) in [5, 5.41) is 5.66. The number of urea groups is 1. The normalized spacial score (nSPS) is 9.79. The summed E-state index contributed by atoms with van der Waals surface area (Å²) >= 11 is 5.73. The maximum Gasteiger partial charge on any atom is 0.323 e. The first-order valence-corrected chi connectivity index (χ1v) is 5.89. The number of hydrogen-bond donors (Lipinski definition) is 2. The first-order valence-electron chi connectivity index (χ1n) is 5.51. The maximum atomic E-state index is 11.8. The highest BCUT2D eigenvalue weighted by Gasteiger charge is 2.04. The van der Waals surface area contributed by atoms with Crippen molar-refractivity contribution in [3.63, 3.8) is 0 Å². The minimum absolute atomic E-state index is 0.319. The standard InChI is InChI=1S/C13H12ClN3O2/c1-19-11-4-2-3-9(7-11)16-13(18)17-10-5-6-15-12(14)8-10/h2-8H,1H3,(H2,15,16,17,18). The zero-order valence-electron chi connectivity index (χ0n) is 10.2. The number of nitrogens with one attached hydrogen (secondary N) is 2. The molecule has 2 aromatic rings. The summed E-state index contributed by atoms with van der Waals surface area (Å²) in [6.07, 6.45) is 1.52. The first-order chi connectivity index (χ1) is 9.17. The minimum atomic E-state index is -0.365. The molecule has 0 aliphatic rings. The lowest BCUT2D eigenvalue weighted by Crippen LogP contribution is -2.19. The summed E-state index contributed by atoms with van der Waals surface area (Å²) in [6.45, 7) is 0. The smallest absolute Gasteiger partial charge is 0.323 e. The van der Waals surface area contributed by atoms with E-state index in [9.17, 15) is 4.79 Å². The van der Waals surface area contributed by atoms with Crippen molar-refractivity contribution in [3.8, 4) is 5.75 Å². The monoisotopic (exact) mass is 277 g/mol. The number of carbonyl (C=O) groups is 1. The van der Waals surface area contributed by atoms with Gasteiger partial charge in [-0.2, -0.15) is 0 Å². The van der Waals surface area contributed by atoms with Crippen LogP contribution < -0.4 is 15.4 Å². The molecule has 1 aromatic carbocycles. The molecular weight excluding hydrogens is 266 g/mol. The highest BCUT2D eigenvalue weighted by atomic mass is 35.5. The van der Waals surface area contributed by atoms with Gasteiger partial charge in [0.15, 0.2) is 0 Å². The Bertz CT molecular complexity index is 590. The van der Waals surface area contributed by atoms with Gasteiger partial charge in [-0.1, -0.05) is 17.7 Å². The number of hydrogen-bond acceptors (Lipinski definition) is 3. The number of ether oxygens (including phenoxy) is 1. The summed E-state index contributed by atoms with van der Waals surface area (Å²) in [7, 11) is 1.57. The lowest BCUT2D eigenvalue weighted by molar-refractivity contribution is 0.262. The third-order valence-corrected chi connectivity index (χ3v) is 2.52. The molecule has 0 spiro atoms. The van der Waals surface area contributed by atoms with E-state index in [1.807, 2.05) is 0 Å². The number of pyridine rings is 1. The van der Waals surface area contributed by atoms with Crippen molar-refractivity contribution >= 4 is 29.0 Å². The fourth-order valence-corrected chi connectivity index (χ4v) is 1.65. The van der Waals surface area contributed by atoms with Crippen LogP contribution in [0.4, 0.5) is 16.2 Å². The van der Waals surface area contributed by atoms with E-state index >= 15 is 0 Å². The van der Waals surface area contributed by atoms with Crippen LogP contribution in [0.3, 0.4) is 0 Å². The lowest BCUT2D eigenvalue weighted by atomic mass is 10.3. The molecular formula is C13H12ClN3O2. The largest absolute Gasteiger partial charge is 0.497 e. The van der Waals surface area contributed by atoms with Crippen molar-refractivity contribution in [1.82, 2.24) is 4.98 Å². The highest BCUT2D eigenvalue weighted by molar-refractivity contribution is 6.29. The van der Waals surface area contributed by atoms with Gasteiger partial charge in [0.1, 0.15) is 10.9 Å². The summed E-state index contributed by atoms with van der Waals surface area (Å²) in [4.78, 5) is 15.6. The topological polar surface area (TPSA) is 63.2 Å². The molecule has 0 saturated heterocycles. The van der Waals surface area contributed by atoms with Crippen molar-refractivity contribution in [1.29, 1.82) is 0 Å². The SMILES string of the molecule is COc1cccc(NC(=O)Nc2ccnc(Cl)c2)c1. The van der Waals surface area contributed by atoms with Crippen LogP contribution in [0.5, 0.6) is 5.75 Å². The Morgan fingerprint density at radius 3 is 2.63 bits per heavy atom. The minimum Gasteiger partial charge on any atom is -0.497 e. The maximum absolute atomic E-state index is 11.8. The van der Waals surface area contributed by atoms with Crippen LogP contribution in [0.1, 0.15) is 0 Å². The van der Waals surface area contributed by atoms with E-state index in [1.165, 1.54) is 6.20 Å². The summed E-state index contributed by atoms with van der Waals surface area (Å²) in [6, 6.07) is 9.92. The zero-order valence-corrected chi connectivity index (χ0v) is 10.9. The molecule has 98 valence electrons. The van der Waals surface area contributed by atoms with Gasteiger partial charge in [0.2, 0.25) is 0 Å². The number of benzene rings is 1. The molecule has 19 heavy (non-hydrogen) atoms. The fourth-order valence-electron chi connectivity index (χ4n) is 1.47. The van der Waals surface area contributed by atoms with Crippen molar-refractivity contribution < 1.29 is 9.53 Å². The van der Waals surface area contributed by atoms with Crippen molar-refractivity contribution in [3.05, 3.63) is 47.7 Å². The second-order valence-electron chi connectivity index (χ2n) is 3.68. The van der Waals surface area contributed by atoms with E-state index in [1.54, 1.807) is 43.5 Å². The molecule has 2 N–H and O–H groups in total. The average Bonchev–Trinajstić information content (AvgIpc) is 2.38. The molecule has 2 rings (SSSR count). The molecule has 0 unspecified atom stereocenters. The van der Waals surface area contributed by atoms with Gasteiger partial charge >= 0.3 is 6.03 Å². The van der Waals surface area contributed by atoms with Gasteiger partial charge in [0.05, 0.1) is 7.11 Å². The Morgan fingerprint density at radius 1 is 1.21 bits per heavy atom. The lowest BCUT2D eigenvalue weighted by Gasteiger charge is -2.08. The van der Waals surface area contributed by atoms with Crippen molar-refractivity contribution in [2.45, 2.75) is 0 Å². The Morgan fingerprint density at radius 2 is 1.95 bits per heavy atom. The van der Waals surface area contributed by atoms with Crippen LogP contribution >= 0.6 is 11.6 Å². The Kier molecular flexibility index (Phi) is 4.20. The molecule has 0 bridgehead atoms. The van der Waals surface area contributed by atoms with Crippen LogP contribution in [-0.2, 0) is 0 Å². The van der Waals surface area contributed by atoms with Crippen LogP contribution in [-0.4, -0.2) is 18.1 Å². The highest BCUT2D eigenvalue weighted by Crippen LogP contribution is 2.17. The van der Waals surface area contributed by atoms with Crippen LogP contribution in [0, 0.1) is 0 Å². The molecule has 2 amide bonds. The van der Waals surface area contributed by atoms with Gasteiger partial charge in [0, 0.05) is 23.6 Å². The number of halogens is 1. The third-order valence-electron chi connectivity index (χ3n) is 2.31. The molecule has 6 heteroatoms. The van der Waals surface area contributed by atoms with E-state index in [0.717, 1.165) is 0 Å². The third kappa shape index (κ3) is 3.86. The van der Waals surface area contributed by atoms with Crippen molar-refractivity contribution in [2.75, 3.05) is 17.7 Å². The van der Waals surface area contributed by atoms with Gasteiger partial charge in [-0.15, -0.1) is 0 Å². The van der Waals surface area contributed by atoms with Crippen LogP contribution in [0.2, 0.25) is 5.15 Å². The zero-order chi connectivity index (χ0) is 13.7. The van der Waals surface area contributed by atoms with Gasteiger partial charge in [-0.05, 0) is 24.3 Å². The number of aromatic nitrogens is 1. The molecule has 0 fully saturated rings. The van der Waals surface area contributed by atoms with E-state index in [4.69, 9.17) is 16.3 Å². The van der Waals surface area contributed by atoms with Gasteiger partial charge in [-0.25, -0.2) is 9.78 Å². The van der Waals surface area contributed by atoms with Crippen LogP contribution in [0.25, 0.3) is 0 Å². The summed E-state index contributed by atoms with van der Waals surface area (Å²) in [5.74, 6) is 0.671. The molecule has 0 radical (unpaired) electrons. The van der Waals surface area contributed by atoms with Gasteiger partial charge in [0.25, 0.3) is 0 Å². The quantitative estimate of drug-likeness (QED) is 0.845. The number of carbonyl (C=O) groups excluding carboxylic acids is 1. The Hall–Kier alpha value is -2.27. The number of methoxy groups -OCH3 is 1. The van der Waals surface area contributed by atoms with E-state index < -0.39 is 0 Å². The van der Waals surface area contributed by atoms with Crippen molar-refractivity contribution in [2.24, 2.45) is 0 Å². The molecule has 0 aliphatic heterocycles. The predicted molar refractivity (Wildman–Crippen MR) is 74.9 cm³/mol. The summed E-state index contributed by atoms with van der Waals surface area (Å²) < 4.78 is 5.07. The van der Waals surface area contributed by atoms with E-state index in [-0.39, 0.29) is 6.03 Å².